The van der Waals surface area contributed by atoms with Crippen LogP contribution in [0.3, 0.4) is 0 Å². The number of aromatic amines is 1. The fraction of sp³-hybridized carbons (Fsp3) is 0.588. The first-order chi connectivity index (χ1) is 10.2. The summed E-state index contributed by atoms with van der Waals surface area (Å²) in [6.45, 7) is 8.55. The van der Waals surface area contributed by atoms with Crippen LogP contribution in [0.1, 0.15) is 45.4 Å². The molecule has 2 heterocycles. The lowest BCUT2D eigenvalue weighted by Gasteiger charge is -2.10. The number of likely N-dealkylation sites (tertiary alicyclic amines) is 1. The molecule has 0 radical (unpaired) electrons. The second kappa shape index (κ2) is 9.80. The molecule has 21 heavy (non-hydrogen) atoms. The van der Waals surface area contributed by atoms with Crippen LogP contribution >= 0.6 is 11.6 Å². The summed E-state index contributed by atoms with van der Waals surface area (Å²) in [6.07, 6.45) is 5.72. The minimum absolute atomic E-state index is 0.701. The standard InChI is InChI=1S/C8H7ClN2.C7H15N.C2H6/c1-5-10-7-4-2-3-6(9)8(7)11-5;1-8-6-4-2-3-5-7-8;1-2/h2-4H,1H3,(H,10,11);2-7H2,1H3;1-2H3. The van der Waals surface area contributed by atoms with Crippen LogP contribution in [0.4, 0.5) is 0 Å². The van der Waals surface area contributed by atoms with E-state index >= 15 is 0 Å². The van der Waals surface area contributed by atoms with E-state index in [0.717, 1.165) is 16.9 Å². The number of H-pyrrole nitrogens is 1. The fourth-order valence-corrected chi connectivity index (χ4v) is 2.57. The van der Waals surface area contributed by atoms with E-state index in [1.54, 1.807) is 0 Å². The number of hydrogen-bond acceptors (Lipinski definition) is 2. The van der Waals surface area contributed by atoms with Gasteiger partial charge >= 0.3 is 0 Å². The molecule has 0 bridgehead atoms. The number of benzene rings is 1. The summed E-state index contributed by atoms with van der Waals surface area (Å²) in [4.78, 5) is 9.75. The Bertz CT molecular complexity index is 514. The van der Waals surface area contributed by atoms with Crippen molar-refractivity contribution in [3.05, 3.63) is 29.0 Å². The lowest BCUT2D eigenvalue weighted by atomic mass is 10.2. The van der Waals surface area contributed by atoms with Crippen molar-refractivity contribution in [1.82, 2.24) is 14.9 Å². The SMILES string of the molecule is CC.CN1CCCCCC1.Cc1nc2c(Cl)cccc2[nH]1. The smallest absolute Gasteiger partial charge is 0.107 e. The van der Waals surface area contributed by atoms with E-state index in [1.807, 2.05) is 39.0 Å². The van der Waals surface area contributed by atoms with E-state index < -0.39 is 0 Å². The number of nitrogens with zero attached hydrogens (tertiary/aromatic N) is 2. The van der Waals surface area contributed by atoms with E-state index in [4.69, 9.17) is 11.6 Å². The molecule has 1 fully saturated rings. The molecule has 1 N–H and O–H groups in total. The van der Waals surface area contributed by atoms with Crippen LogP contribution in [0.25, 0.3) is 11.0 Å². The highest BCUT2D eigenvalue weighted by Crippen LogP contribution is 2.20. The molecule has 3 rings (SSSR count). The van der Waals surface area contributed by atoms with Crippen molar-refractivity contribution in [3.8, 4) is 0 Å². The van der Waals surface area contributed by atoms with Crippen LogP contribution < -0.4 is 0 Å². The van der Waals surface area contributed by atoms with E-state index in [1.165, 1.54) is 38.8 Å². The molecule has 4 heteroatoms. The molecule has 0 atom stereocenters. The Balaban J connectivity index is 0.000000196. The van der Waals surface area contributed by atoms with Gasteiger partial charge in [-0.1, -0.05) is 44.4 Å². The molecule has 1 aliphatic heterocycles. The van der Waals surface area contributed by atoms with E-state index in [9.17, 15) is 0 Å². The van der Waals surface area contributed by atoms with Crippen LogP contribution in [0.5, 0.6) is 0 Å². The molecule has 0 saturated carbocycles. The van der Waals surface area contributed by atoms with Crippen LogP contribution in [-0.2, 0) is 0 Å². The van der Waals surface area contributed by atoms with Crippen LogP contribution in [-0.4, -0.2) is 35.0 Å². The Morgan fingerprint density at radius 1 is 1.10 bits per heavy atom. The number of aromatic nitrogens is 2. The highest BCUT2D eigenvalue weighted by Gasteiger charge is 2.02. The number of fused-ring (bicyclic) bond motifs is 1. The van der Waals surface area contributed by atoms with Gasteiger partial charge in [0.2, 0.25) is 0 Å². The van der Waals surface area contributed by atoms with Gasteiger partial charge in [-0.2, -0.15) is 0 Å². The van der Waals surface area contributed by atoms with E-state index in [2.05, 4.69) is 21.9 Å². The van der Waals surface area contributed by atoms with Gasteiger partial charge in [0.25, 0.3) is 0 Å². The van der Waals surface area contributed by atoms with Gasteiger partial charge in [-0.05, 0) is 52.0 Å². The maximum atomic E-state index is 5.89. The molecule has 1 aromatic heterocycles. The molecule has 0 aliphatic carbocycles. The lowest BCUT2D eigenvalue weighted by Crippen LogP contribution is -2.18. The average Bonchev–Trinajstić information content (AvgIpc) is 2.71. The molecule has 1 aliphatic rings. The van der Waals surface area contributed by atoms with E-state index in [0.29, 0.717) is 5.02 Å². The second-order valence-electron chi connectivity index (χ2n) is 5.18. The van der Waals surface area contributed by atoms with Gasteiger partial charge in [0.1, 0.15) is 11.3 Å². The molecular formula is C17H28ClN3. The van der Waals surface area contributed by atoms with Gasteiger partial charge in [0.15, 0.2) is 0 Å². The number of aryl methyl sites for hydroxylation is 1. The van der Waals surface area contributed by atoms with Crippen molar-refractivity contribution < 1.29 is 0 Å². The number of imidazole rings is 1. The summed E-state index contributed by atoms with van der Waals surface area (Å²) in [5, 5.41) is 0.701. The third-order valence-electron chi connectivity index (χ3n) is 3.41. The van der Waals surface area contributed by atoms with Gasteiger partial charge in [-0.15, -0.1) is 0 Å². The van der Waals surface area contributed by atoms with Crippen LogP contribution in [0, 0.1) is 6.92 Å². The molecular weight excluding hydrogens is 282 g/mol. The molecule has 3 nitrogen and oxygen atoms in total. The Hall–Kier alpha value is -1.06. The number of halogens is 1. The Labute approximate surface area is 133 Å². The van der Waals surface area contributed by atoms with Crippen molar-refractivity contribution in [2.24, 2.45) is 0 Å². The zero-order valence-electron chi connectivity index (χ0n) is 13.7. The Morgan fingerprint density at radius 3 is 2.29 bits per heavy atom. The van der Waals surface area contributed by atoms with Crippen molar-refractivity contribution in [2.75, 3.05) is 20.1 Å². The van der Waals surface area contributed by atoms with Crippen molar-refractivity contribution in [3.63, 3.8) is 0 Å². The maximum absolute atomic E-state index is 5.89. The highest BCUT2D eigenvalue weighted by molar-refractivity contribution is 6.34. The quantitative estimate of drug-likeness (QED) is 0.739. The Morgan fingerprint density at radius 2 is 1.71 bits per heavy atom. The predicted octanol–water partition coefficient (Wildman–Crippen LogP) is 5.04. The van der Waals surface area contributed by atoms with Gasteiger partial charge < -0.3 is 9.88 Å². The topological polar surface area (TPSA) is 31.9 Å². The van der Waals surface area contributed by atoms with Gasteiger partial charge in [-0.25, -0.2) is 4.98 Å². The summed E-state index contributed by atoms with van der Waals surface area (Å²) >= 11 is 5.89. The molecule has 118 valence electrons. The largest absolute Gasteiger partial charge is 0.342 e. The van der Waals surface area contributed by atoms with Crippen molar-refractivity contribution in [1.29, 1.82) is 0 Å². The second-order valence-corrected chi connectivity index (χ2v) is 5.58. The number of rotatable bonds is 0. The molecule has 0 spiro atoms. The Kier molecular flexibility index (Phi) is 8.40. The van der Waals surface area contributed by atoms with E-state index in [-0.39, 0.29) is 0 Å². The third kappa shape index (κ3) is 6.06. The van der Waals surface area contributed by atoms with Crippen molar-refractivity contribution in [2.45, 2.75) is 46.5 Å². The number of nitrogens with one attached hydrogen (secondary N) is 1. The first kappa shape index (κ1) is 18.0. The highest BCUT2D eigenvalue weighted by atomic mass is 35.5. The monoisotopic (exact) mass is 309 g/mol. The first-order valence-corrected chi connectivity index (χ1v) is 8.34. The lowest BCUT2D eigenvalue weighted by molar-refractivity contribution is 0.349. The van der Waals surface area contributed by atoms with Crippen LogP contribution in [0.15, 0.2) is 18.2 Å². The molecule has 0 amide bonds. The molecule has 2 aromatic rings. The minimum Gasteiger partial charge on any atom is -0.342 e. The summed E-state index contributed by atoms with van der Waals surface area (Å²) in [5.74, 6) is 0.896. The van der Waals surface area contributed by atoms with Gasteiger partial charge in [0, 0.05) is 0 Å². The fourth-order valence-electron chi connectivity index (χ4n) is 2.35. The van der Waals surface area contributed by atoms with Gasteiger partial charge in [-0.3, -0.25) is 0 Å². The summed E-state index contributed by atoms with van der Waals surface area (Å²) in [7, 11) is 2.21. The zero-order valence-corrected chi connectivity index (χ0v) is 14.5. The predicted molar refractivity (Wildman–Crippen MR) is 93.2 cm³/mol. The average molecular weight is 310 g/mol. The van der Waals surface area contributed by atoms with Gasteiger partial charge in [0.05, 0.1) is 10.5 Å². The first-order valence-electron chi connectivity index (χ1n) is 7.96. The van der Waals surface area contributed by atoms with Crippen LogP contribution in [0.2, 0.25) is 5.02 Å². The third-order valence-corrected chi connectivity index (χ3v) is 3.72. The summed E-state index contributed by atoms with van der Waals surface area (Å²) in [5.41, 5.74) is 1.85. The number of hydrogen-bond donors (Lipinski definition) is 1. The molecule has 0 unspecified atom stereocenters. The normalized spacial score (nSPS) is 15.5. The number of para-hydroxylation sites is 1. The molecule has 1 aromatic carbocycles. The minimum atomic E-state index is 0.701. The maximum Gasteiger partial charge on any atom is 0.107 e. The van der Waals surface area contributed by atoms with Crippen molar-refractivity contribution >= 4 is 22.6 Å². The summed E-state index contributed by atoms with van der Waals surface area (Å²) < 4.78 is 0. The molecule has 1 saturated heterocycles. The zero-order chi connectivity index (χ0) is 15.7. The summed E-state index contributed by atoms with van der Waals surface area (Å²) in [6, 6.07) is 5.70.